The number of hydrogen-bond acceptors (Lipinski definition) is 4. The number of hydrogen-bond donors (Lipinski definition) is 3. The Hall–Kier alpha value is -1.60. The first-order valence-corrected chi connectivity index (χ1v) is 6.91. The van der Waals surface area contributed by atoms with E-state index in [-0.39, 0.29) is 10.7 Å². The van der Waals surface area contributed by atoms with Gasteiger partial charge in [-0.25, -0.2) is 8.42 Å². The maximum absolute atomic E-state index is 12.1. The van der Waals surface area contributed by atoms with Gasteiger partial charge in [0.15, 0.2) is 5.84 Å². The predicted molar refractivity (Wildman–Crippen MR) is 68.9 cm³/mol. The zero-order valence-corrected chi connectivity index (χ0v) is 11.1. The van der Waals surface area contributed by atoms with Gasteiger partial charge < -0.3 is 10.9 Å². The maximum atomic E-state index is 12.1. The van der Waals surface area contributed by atoms with Crippen LogP contribution in [0.4, 0.5) is 0 Å². The van der Waals surface area contributed by atoms with Crippen molar-refractivity contribution in [2.24, 2.45) is 10.9 Å². The van der Waals surface area contributed by atoms with Gasteiger partial charge in [-0.1, -0.05) is 30.3 Å². The second kappa shape index (κ2) is 5.36. The van der Waals surface area contributed by atoms with Crippen molar-refractivity contribution >= 4 is 15.9 Å². The van der Waals surface area contributed by atoms with E-state index in [1.807, 2.05) is 0 Å². The zero-order chi connectivity index (χ0) is 13.8. The Balaban J connectivity index is 3.10. The molecule has 0 heterocycles. The van der Waals surface area contributed by atoms with E-state index in [1.165, 1.54) is 12.1 Å². The Bertz CT molecular complexity index is 528. The van der Waals surface area contributed by atoms with Crippen molar-refractivity contribution < 1.29 is 13.6 Å². The summed E-state index contributed by atoms with van der Waals surface area (Å²) in [4.78, 5) is 0.135. The lowest BCUT2D eigenvalue weighted by atomic mass is 10.00. The van der Waals surface area contributed by atoms with Gasteiger partial charge in [0.05, 0.1) is 10.4 Å². The summed E-state index contributed by atoms with van der Waals surface area (Å²) >= 11 is 0. The Morgan fingerprint density at radius 3 is 2.44 bits per heavy atom. The molecule has 0 spiro atoms. The van der Waals surface area contributed by atoms with Gasteiger partial charge in [0, 0.05) is 0 Å². The van der Waals surface area contributed by atoms with Crippen LogP contribution >= 0.6 is 0 Å². The molecule has 6 nitrogen and oxygen atoms in total. The standard InChI is InChI=1S/C11H17N3O3S/c1-3-11(2,10(12)13-15)14-18(16,17)9-7-5-4-6-8-9/h4-8,14-15H,3H2,1-2H3,(H2,12,13). The van der Waals surface area contributed by atoms with Gasteiger partial charge in [0.25, 0.3) is 0 Å². The molecule has 0 saturated heterocycles. The number of amidine groups is 1. The van der Waals surface area contributed by atoms with Crippen LogP contribution in [0.25, 0.3) is 0 Å². The van der Waals surface area contributed by atoms with E-state index >= 15 is 0 Å². The number of nitrogens with zero attached hydrogens (tertiary/aromatic N) is 1. The fourth-order valence-electron chi connectivity index (χ4n) is 1.37. The molecule has 0 saturated carbocycles. The lowest BCUT2D eigenvalue weighted by molar-refractivity contribution is 0.310. The van der Waals surface area contributed by atoms with Crippen LogP contribution in [-0.2, 0) is 10.0 Å². The number of nitrogens with one attached hydrogen (secondary N) is 1. The highest BCUT2D eigenvalue weighted by Gasteiger charge is 2.33. The molecule has 0 aromatic heterocycles. The highest BCUT2D eigenvalue weighted by Crippen LogP contribution is 2.16. The summed E-state index contributed by atoms with van der Waals surface area (Å²) in [6.07, 6.45) is 0.356. The Morgan fingerprint density at radius 1 is 1.44 bits per heavy atom. The smallest absolute Gasteiger partial charge is 0.241 e. The first kappa shape index (κ1) is 14.5. The van der Waals surface area contributed by atoms with Crippen LogP contribution in [0, 0.1) is 0 Å². The van der Waals surface area contributed by atoms with Crippen LogP contribution in [0.2, 0.25) is 0 Å². The Kier molecular flexibility index (Phi) is 4.31. The second-order valence-electron chi connectivity index (χ2n) is 4.09. The summed E-state index contributed by atoms with van der Waals surface area (Å²) < 4.78 is 26.7. The monoisotopic (exact) mass is 271 g/mol. The summed E-state index contributed by atoms with van der Waals surface area (Å²) in [6.45, 7) is 3.30. The minimum atomic E-state index is -3.71. The summed E-state index contributed by atoms with van der Waals surface area (Å²) in [5, 5.41) is 11.6. The predicted octanol–water partition coefficient (Wildman–Crippen LogP) is 0.880. The second-order valence-corrected chi connectivity index (χ2v) is 5.77. The van der Waals surface area contributed by atoms with Crippen LogP contribution in [0.15, 0.2) is 40.4 Å². The van der Waals surface area contributed by atoms with Gasteiger partial charge in [-0.15, -0.1) is 0 Å². The fraction of sp³-hybridized carbons (Fsp3) is 0.364. The largest absolute Gasteiger partial charge is 0.409 e. The quantitative estimate of drug-likeness (QED) is 0.320. The van der Waals surface area contributed by atoms with Crippen molar-refractivity contribution in [1.29, 1.82) is 0 Å². The first-order chi connectivity index (χ1) is 8.35. The number of benzene rings is 1. The van der Waals surface area contributed by atoms with E-state index in [2.05, 4.69) is 9.88 Å². The van der Waals surface area contributed by atoms with Gasteiger partial charge in [0.1, 0.15) is 0 Å². The summed E-state index contributed by atoms with van der Waals surface area (Å²) in [6, 6.07) is 7.93. The molecular weight excluding hydrogens is 254 g/mol. The van der Waals surface area contributed by atoms with Crippen molar-refractivity contribution in [1.82, 2.24) is 4.72 Å². The molecule has 0 bridgehead atoms. The van der Waals surface area contributed by atoms with Crippen molar-refractivity contribution in [3.63, 3.8) is 0 Å². The number of oxime groups is 1. The molecule has 0 fully saturated rings. The summed E-state index contributed by atoms with van der Waals surface area (Å²) in [5.74, 6) is -0.176. The molecular formula is C11H17N3O3S. The Labute approximate surface area is 107 Å². The van der Waals surface area contributed by atoms with Crippen LogP contribution in [0.3, 0.4) is 0 Å². The average molecular weight is 271 g/mol. The molecule has 1 rings (SSSR count). The zero-order valence-electron chi connectivity index (χ0n) is 10.3. The van der Waals surface area contributed by atoms with Crippen molar-refractivity contribution in [3.05, 3.63) is 30.3 Å². The molecule has 100 valence electrons. The van der Waals surface area contributed by atoms with Gasteiger partial charge in [-0.05, 0) is 25.5 Å². The third kappa shape index (κ3) is 2.99. The molecule has 0 aliphatic carbocycles. The number of rotatable bonds is 5. The van der Waals surface area contributed by atoms with Crippen molar-refractivity contribution in [2.45, 2.75) is 30.7 Å². The summed E-state index contributed by atoms with van der Waals surface area (Å²) in [5.41, 5.74) is 4.40. The van der Waals surface area contributed by atoms with Crippen LogP contribution in [0.5, 0.6) is 0 Å². The van der Waals surface area contributed by atoms with E-state index in [0.29, 0.717) is 6.42 Å². The van der Waals surface area contributed by atoms with Crippen LogP contribution in [0.1, 0.15) is 20.3 Å². The molecule has 1 aromatic carbocycles. The SMILES string of the molecule is CCC(C)(NS(=O)(=O)c1ccccc1)/C(N)=N/O. The third-order valence-electron chi connectivity index (χ3n) is 2.79. The van der Waals surface area contributed by atoms with E-state index in [4.69, 9.17) is 10.9 Å². The molecule has 1 aromatic rings. The minimum Gasteiger partial charge on any atom is -0.409 e. The first-order valence-electron chi connectivity index (χ1n) is 5.43. The lowest BCUT2D eigenvalue weighted by Gasteiger charge is -2.27. The molecule has 0 amide bonds. The molecule has 1 atom stereocenters. The fourth-order valence-corrected chi connectivity index (χ4v) is 2.85. The molecule has 0 aliphatic heterocycles. The Morgan fingerprint density at radius 2 is 2.00 bits per heavy atom. The molecule has 0 aliphatic rings. The van der Waals surface area contributed by atoms with Crippen molar-refractivity contribution in [2.75, 3.05) is 0 Å². The van der Waals surface area contributed by atoms with Gasteiger partial charge in [-0.3, -0.25) is 0 Å². The van der Waals surface area contributed by atoms with E-state index in [0.717, 1.165) is 0 Å². The highest BCUT2D eigenvalue weighted by atomic mass is 32.2. The minimum absolute atomic E-state index is 0.135. The molecule has 1 unspecified atom stereocenters. The molecule has 18 heavy (non-hydrogen) atoms. The molecule has 0 radical (unpaired) electrons. The normalized spacial score (nSPS) is 16.2. The van der Waals surface area contributed by atoms with Crippen molar-refractivity contribution in [3.8, 4) is 0 Å². The van der Waals surface area contributed by atoms with Gasteiger partial charge in [-0.2, -0.15) is 4.72 Å². The topological polar surface area (TPSA) is 105 Å². The number of sulfonamides is 1. The van der Waals surface area contributed by atoms with Crippen LogP contribution < -0.4 is 10.5 Å². The lowest BCUT2D eigenvalue weighted by Crippen LogP contribution is -2.54. The number of nitrogens with two attached hydrogens (primary N) is 1. The van der Waals surface area contributed by atoms with E-state index in [1.54, 1.807) is 32.0 Å². The third-order valence-corrected chi connectivity index (χ3v) is 4.41. The van der Waals surface area contributed by atoms with Gasteiger partial charge >= 0.3 is 0 Å². The van der Waals surface area contributed by atoms with Gasteiger partial charge in [0.2, 0.25) is 10.0 Å². The summed E-state index contributed by atoms with van der Waals surface area (Å²) in [7, 11) is -3.71. The van der Waals surface area contributed by atoms with E-state index in [9.17, 15) is 8.42 Å². The van der Waals surface area contributed by atoms with E-state index < -0.39 is 15.6 Å². The van der Waals surface area contributed by atoms with Crippen LogP contribution in [-0.4, -0.2) is 25.0 Å². The maximum Gasteiger partial charge on any atom is 0.241 e. The average Bonchev–Trinajstić information content (AvgIpc) is 2.38. The highest BCUT2D eigenvalue weighted by molar-refractivity contribution is 7.89. The molecule has 4 N–H and O–H groups in total. The molecule has 7 heteroatoms.